The van der Waals surface area contributed by atoms with E-state index < -0.39 is 6.10 Å². The van der Waals surface area contributed by atoms with Crippen LogP contribution in [0.4, 0.5) is 0 Å². The van der Waals surface area contributed by atoms with Gasteiger partial charge >= 0.3 is 0 Å². The standard InChI is InChI=1S/C16H27ClN2O2/c1-13(8-9-19(2)3)18-10-15(20)12-21-11-14-6-4-5-7-16(14)17/h4-7,13,15,18,20H,8-12H2,1-3H3. The highest BCUT2D eigenvalue weighted by molar-refractivity contribution is 6.31. The Kier molecular flexibility index (Phi) is 8.88. The van der Waals surface area contributed by atoms with Gasteiger partial charge in [0.25, 0.3) is 0 Å². The Hall–Kier alpha value is -0.650. The third kappa shape index (κ3) is 8.39. The van der Waals surface area contributed by atoms with Gasteiger partial charge in [-0.25, -0.2) is 0 Å². The Bertz CT molecular complexity index is 402. The van der Waals surface area contributed by atoms with Crippen molar-refractivity contribution in [2.45, 2.75) is 32.1 Å². The van der Waals surface area contributed by atoms with Crippen LogP contribution in [-0.2, 0) is 11.3 Å². The van der Waals surface area contributed by atoms with Gasteiger partial charge in [-0.15, -0.1) is 0 Å². The first-order valence-electron chi connectivity index (χ1n) is 7.36. The number of hydrogen-bond acceptors (Lipinski definition) is 4. The second kappa shape index (κ2) is 10.1. The monoisotopic (exact) mass is 314 g/mol. The zero-order chi connectivity index (χ0) is 15.7. The summed E-state index contributed by atoms with van der Waals surface area (Å²) in [6, 6.07) is 7.96. The number of benzene rings is 1. The molecule has 0 aliphatic carbocycles. The molecule has 0 fully saturated rings. The smallest absolute Gasteiger partial charge is 0.0897 e. The molecule has 0 bridgehead atoms. The Morgan fingerprint density at radius 3 is 2.71 bits per heavy atom. The molecule has 0 amide bonds. The molecule has 0 radical (unpaired) electrons. The van der Waals surface area contributed by atoms with Gasteiger partial charge in [0.2, 0.25) is 0 Å². The second-order valence-electron chi connectivity index (χ2n) is 5.66. The van der Waals surface area contributed by atoms with Crippen LogP contribution in [0, 0.1) is 0 Å². The van der Waals surface area contributed by atoms with E-state index in [1.54, 1.807) is 0 Å². The van der Waals surface area contributed by atoms with Gasteiger partial charge in [0.05, 0.1) is 19.3 Å². The van der Waals surface area contributed by atoms with E-state index in [0.717, 1.165) is 18.5 Å². The minimum absolute atomic E-state index is 0.304. The summed E-state index contributed by atoms with van der Waals surface area (Å²) >= 11 is 6.04. The molecule has 0 heterocycles. The normalized spacial score (nSPS) is 14.4. The molecule has 2 unspecified atom stereocenters. The number of hydrogen-bond donors (Lipinski definition) is 2. The molecule has 4 nitrogen and oxygen atoms in total. The van der Waals surface area contributed by atoms with E-state index in [1.807, 2.05) is 24.3 Å². The van der Waals surface area contributed by atoms with Crippen molar-refractivity contribution in [2.24, 2.45) is 0 Å². The molecule has 0 saturated heterocycles. The fraction of sp³-hybridized carbons (Fsp3) is 0.625. The largest absolute Gasteiger partial charge is 0.389 e. The minimum atomic E-state index is -0.505. The van der Waals surface area contributed by atoms with Crippen molar-refractivity contribution in [3.63, 3.8) is 0 Å². The summed E-state index contributed by atoms with van der Waals surface area (Å²) in [6.07, 6.45) is 0.550. The summed E-state index contributed by atoms with van der Waals surface area (Å²) in [5, 5.41) is 13.9. The molecule has 0 spiro atoms. The average Bonchev–Trinajstić information content (AvgIpc) is 2.45. The maximum absolute atomic E-state index is 9.89. The molecular formula is C16H27ClN2O2. The van der Waals surface area contributed by atoms with Crippen LogP contribution in [0.2, 0.25) is 5.02 Å². The van der Waals surface area contributed by atoms with Crippen molar-refractivity contribution in [2.75, 3.05) is 33.8 Å². The fourth-order valence-electron chi connectivity index (χ4n) is 1.87. The first kappa shape index (κ1) is 18.4. The molecule has 21 heavy (non-hydrogen) atoms. The highest BCUT2D eigenvalue weighted by Gasteiger charge is 2.08. The van der Waals surface area contributed by atoms with Gasteiger partial charge in [0.15, 0.2) is 0 Å². The van der Waals surface area contributed by atoms with Crippen LogP contribution in [0.3, 0.4) is 0 Å². The van der Waals surface area contributed by atoms with Crippen LogP contribution in [0.5, 0.6) is 0 Å². The highest BCUT2D eigenvalue weighted by atomic mass is 35.5. The number of ether oxygens (including phenoxy) is 1. The molecule has 0 saturated carbocycles. The van der Waals surface area contributed by atoms with Gasteiger partial charge in [-0.05, 0) is 45.6 Å². The van der Waals surface area contributed by atoms with Gasteiger partial charge in [0, 0.05) is 17.6 Å². The lowest BCUT2D eigenvalue weighted by Crippen LogP contribution is -2.37. The van der Waals surface area contributed by atoms with Crippen LogP contribution in [0.15, 0.2) is 24.3 Å². The predicted molar refractivity (Wildman–Crippen MR) is 87.8 cm³/mol. The maximum Gasteiger partial charge on any atom is 0.0897 e. The van der Waals surface area contributed by atoms with Crippen molar-refractivity contribution >= 4 is 11.6 Å². The summed E-state index contributed by atoms with van der Waals surface area (Å²) in [5.74, 6) is 0. The van der Waals surface area contributed by atoms with Gasteiger partial charge in [-0.2, -0.15) is 0 Å². The van der Waals surface area contributed by atoms with Gasteiger partial charge in [-0.1, -0.05) is 29.8 Å². The van der Waals surface area contributed by atoms with E-state index >= 15 is 0 Å². The van der Waals surface area contributed by atoms with Crippen LogP contribution < -0.4 is 5.32 Å². The zero-order valence-electron chi connectivity index (χ0n) is 13.2. The Balaban J connectivity index is 2.14. The van der Waals surface area contributed by atoms with E-state index in [0.29, 0.717) is 30.8 Å². The predicted octanol–water partition coefficient (Wildman–Crippen LogP) is 2.15. The van der Waals surface area contributed by atoms with Crippen molar-refractivity contribution in [1.29, 1.82) is 0 Å². The summed E-state index contributed by atoms with van der Waals surface area (Å²) < 4.78 is 5.51. The summed E-state index contributed by atoms with van der Waals surface area (Å²) in [4.78, 5) is 2.15. The Labute approximate surface area is 133 Å². The molecular weight excluding hydrogens is 288 g/mol. The van der Waals surface area contributed by atoms with E-state index in [2.05, 4.69) is 31.2 Å². The Morgan fingerprint density at radius 1 is 1.33 bits per heavy atom. The summed E-state index contributed by atoms with van der Waals surface area (Å²) in [5.41, 5.74) is 0.943. The number of aliphatic hydroxyl groups excluding tert-OH is 1. The third-order valence-electron chi connectivity index (χ3n) is 3.24. The van der Waals surface area contributed by atoms with Gasteiger partial charge in [-0.3, -0.25) is 0 Å². The quantitative estimate of drug-likeness (QED) is 0.694. The molecule has 0 aromatic heterocycles. The Morgan fingerprint density at radius 2 is 2.05 bits per heavy atom. The highest BCUT2D eigenvalue weighted by Crippen LogP contribution is 2.15. The van der Waals surface area contributed by atoms with Gasteiger partial charge in [0.1, 0.15) is 0 Å². The number of halogens is 1. The topological polar surface area (TPSA) is 44.7 Å². The molecule has 1 aromatic rings. The lowest BCUT2D eigenvalue weighted by atomic mass is 10.2. The van der Waals surface area contributed by atoms with E-state index in [-0.39, 0.29) is 0 Å². The van der Waals surface area contributed by atoms with E-state index in [9.17, 15) is 5.11 Å². The van der Waals surface area contributed by atoms with Crippen molar-refractivity contribution < 1.29 is 9.84 Å². The first-order valence-corrected chi connectivity index (χ1v) is 7.74. The molecule has 2 atom stereocenters. The summed E-state index contributed by atoms with van der Waals surface area (Å²) in [6.45, 7) is 4.43. The number of aliphatic hydroxyl groups is 1. The van der Waals surface area contributed by atoms with Crippen molar-refractivity contribution in [1.82, 2.24) is 10.2 Å². The number of rotatable bonds is 10. The second-order valence-corrected chi connectivity index (χ2v) is 6.07. The van der Waals surface area contributed by atoms with E-state index in [4.69, 9.17) is 16.3 Å². The SMILES string of the molecule is CC(CCN(C)C)NCC(O)COCc1ccccc1Cl. The number of nitrogens with zero attached hydrogens (tertiary/aromatic N) is 1. The molecule has 1 aromatic carbocycles. The average molecular weight is 315 g/mol. The molecule has 0 aliphatic rings. The molecule has 2 N–H and O–H groups in total. The van der Waals surface area contributed by atoms with E-state index in [1.165, 1.54) is 0 Å². The molecule has 0 aliphatic heterocycles. The summed E-state index contributed by atoms with van der Waals surface area (Å²) in [7, 11) is 4.12. The minimum Gasteiger partial charge on any atom is -0.389 e. The van der Waals surface area contributed by atoms with Crippen molar-refractivity contribution in [3.8, 4) is 0 Å². The maximum atomic E-state index is 9.89. The number of nitrogens with one attached hydrogen (secondary N) is 1. The van der Waals surface area contributed by atoms with Crippen LogP contribution in [0.1, 0.15) is 18.9 Å². The molecule has 120 valence electrons. The fourth-order valence-corrected chi connectivity index (χ4v) is 2.06. The molecule has 5 heteroatoms. The first-order chi connectivity index (χ1) is 9.99. The van der Waals surface area contributed by atoms with Crippen LogP contribution >= 0.6 is 11.6 Å². The van der Waals surface area contributed by atoms with Crippen molar-refractivity contribution in [3.05, 3.63) is 34.9 Å². The third-order valence-corrected chi connectivity index (χ3v) is 3.61. The van der Waals surface area contributed by atoms with Gasteiger partial charge < -0.3 is 20.1 Å². The van der Waals surface area contributed by atoms with Crippen LogP contribution in [0.25, 0.3) is 0 Å². The zero-order valence-corrected chi connectivity index (χ0v) is 13.9. The lowest BCUT2D eigenvalue weighted by Gasteiger charge is -2.19. The molecule has 1 rings (SSSR count). The van der Waals surface area contributed by atoms with Crippen LogP contribution in [-0.4, -0.2) is 55.9 Å². The lowest BCUT2D eigenvalue weighted by molar-refractivity contribution is 0.0277.